The molecule has 0 unspecified atom stereocenters. The largest absolute Gasteiger partial charge is 0.444 e. The van der Waals surface area contributed by atoms with Gasteiger partial charge in [0.1, 0.15) is 11.3 Å². The van der Waals surface area contributed by atoms with Crippen molar-refractivity contribution in [2.75, 3.05) is 6.54 Å². The highest BCUT2D eigenvalue weighted by Crippen LogP contribution is 2.30. The van der Waals surface area contributed by atoms with Crippen LogP contribution in [-0.2, 0) is 4.74 Å². The van der Waals surface area contributed by atoms with Crippen molar-refractivity contribution >= 4 is 22.8 Å². The number of hydrogen-bond acceptors (Lipinski definition) is 4. The Morgan fingerprint density at radius 3 is 2.56 bits per heavy atom. The van der Waals surface area contributed by atoms with Crippen LogP contribution in [0.4, 0.5) is 4.79 Å². The molecule has 2 aromatic rings. The summed E-state index contributed by atoms with van der Waals surface area (Å²) in [6.07, 6.45) is 4.85. The van der Waals surface area contributed by atoms with E-state index in [1.807, 2.05) is 51.1 Å². The Morgan fingerprint density at radius 2 is 1.85 bits per heavy atom. The van der Waals surface area contributed by atoms with Crippen LogP contribution < -0.4 is 10.6 Å². The van der Waals surface area contributed by atoms with E-state index < -0.39 is 17.2 Å². The molecule has 0 radical (unpaired) electrons. The quantitative estimate of drug-likeness (QED) is 0.859. The predicted molar refractivity (Wildman–Crippen MR) is 105 cm³/mol. The van der Waals surface area contributed by atoms with Gasteiger partial charge < -0.3 is 15.4 Å². The summed E-state index contributed by atoms with van der Waals surface area (Å²) in [7, 11) is 0. The molecule has 0 aliphatic heterocycles. The SMILES string of the molecule is CC(C)(C)OC(=O)NCC1(NC(=O)c2nccc3ccccc23)CCCC1. The van der Waals surface area contributed by atoms with Gasteiger partial charge in [0.15, 0.2) is 0 Å². The van der Waals surface area contributed by atoms with Gasteiger partial charge in [-0.05, 0) is 45.1 Å². The summed E-state index contributed by atoms with van der Waals surface area (Å²) in [6.45, 7) is 5.82. The first-order valence-electron chi connectivity index (χ1n) is 9.41. The van der Waals surface area contributed by atoms with Crippen LogP contribution in [0, 0.1) is 0 Å². The first kappa shape index (κ1) is 19.1. The van der Waals surface area contributed by atoms with E-state index in [9.17, 15) is 9.59 Å². The van der Waals surface area contributed by atoms with Gasteiger partial charge in [0.25, 0.3) is 5.91 Å². The van der Waals surface area contributed by atoms with Crippen LogP contribution in [0.25, 0.3) is 10.8 Å². The summed E-state index contributed by atoms with van der Waals surface area (Å²) in [6, 6.07) is 9.59. The minimum absolute atomic E-state index is 0.209. The number of nitrogens with zero attached hydrogens (tertiary/aromatic N) is 1. The molecule has 0 saturated heterocycles. The Bertz CT molecular complexity index is 831. The molecular weight excluding hydrogens is 342 g/mol. The number of nitrogens with one attached hydrogen (secondary N) is 2. The second-order valence-corrected chi connectivity index (χ2v) is 8.18. The number of carbonyl (C=O) groups is 2. The number of hydrogen-bond donors (Lipinski definition) is 2. The van der Waals surface area contributed by atoms with Gasteiger partial charge in [-0.1, -0.05) is 37.1 Å². The molecule has 1 aliphatic rings. The molecule has 0 spiro atoms. The normalized spacial score (nSPS) is 16.1. The zero-order chi connectivity index (χ0) is 19.5. The van der Waals surface area contributed by atoms with Gasteiger partial charge in [0.2, 0.25) is 0 Å². The van der Waals surface area contributed by atoms with E-state index >= 15 is 0 Å². The number of fused-ring (bicyclic) bond motifs is 1. The number of pyridine rings is 1. The Hall–Kier alpha value is -2.63. The van der Waals surface area contributed by atoms with Gasteiger partial charge >= 0.3 is 6.09 Å². The summed E-state index contributed by atoms with van der Waals surface area (Å²) < 4.78 is 5.31. The van der Waals surface area contributed by atoms with Crippen molar-refractivity contribution in [1.29, 1.82) is 0 Å². The van der Waals surface area contributed by atoms with Crippen LogP contribution >= 0.6 is 0 Å². The first-order valence-corrected chi connectivity index (χ1v) is 9.41. The lowest BCUT2D eigenvalue weighted by Crippen LogP contribution is -2.54. The van der Waals surface area contributed by atoms with E-state index in [2.05, 4.69) is 15.6 Å². The molecule has 2 N–H and O–H groups in total. The lowest BCUT2D eigenvalue weighted by atomic mass is 9.96. The number of rotatable bonds is 4. The summed E-state index contributed by atoms with van der Waals surface area (Å²) in [4.78, 5) is 29.3. The van der Waals surface area contributed by atoms with Crippen LogP contribution in [0.1, 0.15) is 56.9 Å². The maximum atomic E-state index is 13.0. The summed E-state index contributed by atoms with van der Waals surface area (Å²) in [5.74, 6) is -0.209. The van der Waals surface area contributed by atoms with Crippen molar-refractivity contribution in [2.45, 2.75) is 57.6 Å². The fourth-order valence-electron chi connectivity index (χ4n) is 3.55. The Balaban J connectivity index is 1.74. The molecule has 2 amide bonds. The van der Waals surface area contributed by atoms with Crippen LogP contribution in [0.15, 0.2) is 36.5 Å². The maximum absolute atomic E-state index is 13.0. The van der Waals surface area contributed by atoms with Gasteiger partial charge in [0, 0.05) is 18.1 Å². The van der Waals surface area contributed by atoms with E-state index in [1.165, 1.54) is 0 Å². The molecule has 1 aliphatic carbocycles. The summed E-state index contributed by atoms with van der Waals surface area (Å²) in [5, 5.41) is 7.77. The standard InChI is InChI=1S/C21H27N3O3/c1-20(2,3)27-19(26)23-14-21(11-6-7-12-21)24-18(25)17-16-9-5-4-8-15(16)10-13-22-17/h4-5,8-10,13H,6-7,11-12,14H2,1-3H3,(H,23,26)(H,24,25). The molecule has 1 aromatic carbocycles. The molecular formula is C21H27N3O3. The third kappa shape index (κ3) is 4.76. The van der Waals surface area contributed by atoms with Crippen LogP contribution in [0.3, 0.4) is 0 Å². The minimum atomic E-state index is -0.553. The summed E-state index contributed by atoms with van der Waals surface area (Å²) >= 11 is 0. The molecule has 27 heavy (non-hydrogen) atoms. The molecule has 1 fully saturated rings. The zero-order valence-electron chi connectivity index (χ0n) is 16.2. The number of amides is 2. The van der Waals surface area contributed by atoms with Crippen LogP contribution in [0.5, 0.6) is 0 Å². The Morgan fingerprint density at radius 1 is 1.15 bits per heavy atom. The highest BCUT2D eigenvalue weighted by atomic mass is 16.6. The lowest BCUT2D eigenvalue weighted by Gasteiger charge is -2.31. The van der Waals surface area contributed by atoms with Crippen molar-refractivity contribution in [2.24, 2.45) is 0 Å². The highest BCUT2D eigenvalue weighted by Gasteiger charge is 2.36. The van der Waals surface area contributed by atoms with Gasteiger partial charge in [-0.3, -0.25) is 9.78 Å². The van der Waals surface area contributed by atoms with Gasteiger partial charge in [-0.15, -0.1) is 0 Å². The molecule has 0 atom stereocenters. The lowest BCUT2D eigenvalue weighted by molar-refractivity contribution is 0.0504. The average Bonchev–Trinajstić information content (AvgIpc) is 3.07. The molecule has 6 heteroatoms. The van der Waals surface area contributed by atoms with Crippen molar-refractivity contribution in [3.05, 3.63) is 42.2 Å². The number of aromatic nitrogens is 1. The first-order chi connectivity index (χ1) is 12.8. The van der Waals surface area contributed by atoms with Gasteiger partial charge in [-0.2, -0.15) is 0 Å². The molecule has 6 nitrogen and oxygen atoms in total. The topological polar surface area (TPSA) is 80.3 Å². The second-order valence-electron chi connectivity index (χ2n) is 8.18. The maximum Gasteiger partial charge on any atom is 0.407 e. The second kappa shape index (κ2) is 7.55. The average molecular weight is 369 g/mol. The molecule has 0 bridgehead atoms. The van der Waals surface area contributed by atoms with E-state index in [0.717, 1.165) is 36.5 Å². The molecule has 1 aromatic heterocycles. The number of alkyl carbamates (subject to hydrolysis) is 1. The van der Waals surface area contributed by atoms with E-state index in [0.29, 0.717) is 12.2 Å². The van der Waals surface area contributed by atoms with Crippen molar-refractivity contribution < 1.29 is 14.3 Å². The summed E-state index contributed by atoms with van der Waals surface area (Å²) in [5.41, 5.74) is -0.605. The van der Waals surface area contributed by atoms with E-state index in [1.54, 1.807) is 6.20 Å². The number of carbonyl (C=O) groups excluding carboxylic acids is 2. The van der Waals surface area contributed by atoms with Crippen molar-refractivity contribution in [1.82, 2.24) is 15.6 Å². The number of benzene rings is 1. The third-order valence-corrected chi connectivity index (χ3v) is 4.80. The van der Waals surface area contributed by atoms with Crippen molar-refractivity contribution in [3.63, 3.8) is 0 Å². The monoisotopic (exact) mass is 369 g/mol. The van der Waals surface area contributed by atoms with Crippen molar-refractivity contribution in [3.8, 4) is 0 Å². The highest BCUT2D eigenvalue weighted by molar-refractivity contribution is 6.05. The van der Waals surface area contributed by atoms with Gasteiger partial charge in [-0.25, -0.2) is 4.79 Å². The van der Waals surface area contributed by atoms with Gasteiger partial charge in [0.05, 0.1) is 5.54 Å². The minimum Gasteiger partial charge on any atom is -0.444 e. The van der Waals surface area contributed by atoms with E-state index in [4.69, 9.17) is 4.74 Å². The van der Waals surface area contributed by atoms with E-state index in [-0.39, 0.29) is 5.91 Å². The predicted octanol–water partition coefficient (Wildman–Crippen LogP) is 3.80. The smallest absolute Gasteiger partial charge is 0.407 e. The Kier molecular flexibility index (Phi) is 5.35. The number of ether oxygens (including phenoxy) is 1. The van der Waals surface area contributed by atoms with Crippen LogP contribution in [0.2, 0.25) is 0 Å². The third-order valence-electron chi connectivity index (χ3n) is 4.80. The molecule has 144 valence electrons. The fourth-order valence-corrected chi connectivity index (χ4v) is 3.55. The van der Waals surface area contributed by atoms with Crippen LogP contribution in [-0.4, -0.2) is 34.7 Å². The fraction of sp³-hybridized carbons (Fsp3) is 0.476. The Labute approximate surface area is 159 Å². The zero-order valence-corrected chi connectivity index (χ0v) is 16.2. The molecule has 1 saturated carbocycles. The molecule has 1 heterocycles. The molecule has 3 rings (SSSR count).